The maximum Gasteiger partial charge on any atom is 0.270 e. The first-order chi connectivity index (χ1) is 17.3. The Morgan fingerprint density at radius 1 is 0.944 bits per heavy atom. The minimum atomic E-state index is -2.93. The Bertz CT molecular complexity index is 1410. The van der Waals surface area contributed by atoms with Crippen LogP contribution >= 0.6 is 11.3 Å². The summed E-state index contributed by atoms with van der Waals surface area (Å²) in [6.45, 7) is 2.95. The lowest BCUT2D eigenvalue weighted by Gasteiger charge is -2.18. The lowest BCUT2D eigenvalue weighted by atomic mass is 9.99. The number of amides is 1. The number of alkyl halides is 2. The SMILES string of the molecule is CC1=NN(c2cc(-c3ccccc3)cc(-c3ccsc3)c2)C(=O)C1CNc1cccc(C(C)(F)F)c1. The zero-order valence-corrected chi connectivity index (χ0v) is 20.7. The quantitative estimate of drug-likeness (QED) is 0.283. The molecular formula is C29H25F2N3OS. The third-order valence-corrected chi connectivity index (χ3v) is 6.96. The zero-order chi connectivity index (χ0) is 25.3. The number of hydrazone groups is 1. The summed E-state index contributed by atoms with van der Waals surface area (Å²) in [6.07, 6.45) is 0. The molecule has 0 fully saturated rings. The number of carbonyl (C=O) groups excluding carboxylic acids is 1. The molecule has 7 heteroatoms. The second-order valence-electron chi connectivity index (χ2n) is 8.94. The molecule has 4 aromatic rings. The number of rotatable bonds is 7. The number of carbonyl (C=O) groups is 1. The summed E-state index contributed by atoms with van der Waals surface area (Å²) in [5, 5.41) is 13.3. The van der Waals surface area contributed by atoms with Gasteiger partial charge in [-0.15, -0.1) is 0 Å². The van der Waals surface area contributed by atoms with Gasteiger partial charge in [-0.2, -0.15) is 16.4 Å². The molecular weight excluding hydrogens is 476 g/mol. The van der Waals surface area contributed by atoms with E-state index in [-0.39, 0.29) is 18.0 Å². The van der Waals surface area contributed by atoms with Crippen LogP contribution in [0.1, 0.15) is 19.4 Å². The van der Waals surface area contributed by atoms with E-state index in [1.54, 1.807) is 23.5 Å². The average molecular weight is 502 g/mol. The van der Waals surface area contributed by atoms with Crippen LogP contribution in [0.5, 0.6) is 0 Å². The van der Waals surface area contributed by atoms with Crippen LogP contribution in [0.3, 0.4) is 0 Å². The largest absolute Gasteiger partial charge is 0.384 e. The second-order valence-corrected chi connectivity index (χ2v) is 9.72. The predicted octanol–water partition coefficient (Wildman–Crippen LogP) is 7.64. The lowest BCUT2D eigenvalue weighted by molar-refractivity contribution is -0.119. The van der Waals surface area contributed by atoms with Crippen LogP contribution in [0.25, 0.3) is 22.3 Å². The van der Waals surface area contributed by atoms with E-state index in [1.807, 2.05) is 54.8 Å². The van der Waals surface area contributed by atoms with E-state index in [9.17, 15) is 13.6 Å². The summed E-state index contributed by atoms with van der Waals surface area (Å²) in [7, 11) is 0. The Kier molecular flexibility index (Phi) is 6.41. The predicted molar refractivity (Wildman–Crippen MR) is 144 cm³/mol. The highest BCUT2D eigenvalue weighted by Crippen LogP contribution is 2.35. The maximum atomic E-state index is 13.7. The van der Waals surface area contributed by atoms with E-state index in [0.29, 0.717) is 17.1 Å². The lowest BCUT2D eigenvalue weighted by Crippen LogP contribution is -2.31. The van der Waals surface area contributed by atoms with Gasteiger partial charge in [0.05, 0.1) is 17.3 Å². The fourth-order valence-electron chi connectivity index (χ4n) is 4.27. The summed E-state index contributed by atoms with van der Waals surface area (Å²) < 4.78 is 27.4. The summed E-state index contributed by atoms with van der Waals surface area (Å²) >= 11 is 1.62. The van der Waals surface area contributed by atoms with Crippen molar-refractivity contribution in [3.8, 4) is 22.3 Å². The van der Waals surface area contributed by atoms with Crippen LogP contribution in [0, 0.1) is 5.92 Å². The van der Waals surface area contributed by atoms with Gasteiger partial charge in [-0.3, -0.25) is 4.79 Å². The Morgan fingerprint density at radius 2 is 1.69 bits per heavy atom. The number of benzene rings is 3. The van der Waals surface area contributed by atoms with Crippen molar-refractivity contribution in [2.45, 2.75) is 19.8 Å². The Hall–Kier alpha value is -3.84. The molecule has 0 aliphatic carbocycles. The van der Waals surface area contributed by atoms with E-state index in [4.69, 9.17) is 0 Å². The molecule has 0 saturated heterocycles. The Labute approximate surface area is 212 Å². The van der Waals surface area contributed by atoms with E-state index in [1.165, 1.54) is 17.1 Å². The third kappa shape index (κ3) is 4.93. The minimum Gasteiger partial charge on any atom is -0.384 e. The molecule has 0 radical (unpaired) electrons. The molecule has 182 valence electrons. The fourth-order valence-corrected chi connectivity index (χ4v) is 4.94. The standard InChI is InChI=1S/C29H25F2N3OS/c1-19-27(17-32-25-10-6-9-24(16-25)29(2,30)31)28(35)34(33-19)26-14-22(20-7-4-3-5-8-20)13-23(15-26)21-11-12-36-18-21/h3-16,18,27,32H,17H2,1-2H3. The topological polar surface area (TPSA) is 44.7 Å². The summed E-state index contributed by atoms with van der Waals surface area (Å²) in [5.74, 6) is -3.59. The van der Waals surface area contributed by atoms with E-state index in [2.05, 4.69) is 27.9 Å². The van der Waals surface area contributed by atoms with Crippen LogP contribution in [0.2, 0.25) is 0 Å². The number of anilines is 2. The molecule has 0 saturated carbocycles. The second kappa shape index (κ2) is 9.66. The molecule has 1 aromatic heterocycles. The van der Waals surface area contributed by atoms with Crippen LogP contribution in [0.4, 0.5) is 20.2 Å². The normalized spacial score (nSPS) is 15.8. The van der Waals surface area contributed by atoms with Gasteiger partial charge >= 0.3 is 0 Å². The number of thiophene rings is 1. The van der Waals surface area contributed by atoms with Crippen molar-refractivity contribution in [3.05, 3.63) is 95.2 Å². The van der Waals surface area contributed by atoms with Crippen molar-refractivity contribution in [2.75, 3.05) is 16.9 Å². The van der Waals surface area contributed by atoms with Gasteiger partial charge < -0.3 is 5.32 Å². The molecule has 3 aromatic carbocycles. The molecule has 1 aliphatic heterocycles. The van der Waals surface area contributed by atoms with E-state index >= 15 is 0 Å². The van der Waals surface area contributed by atoms with Gasteiger partial charge in [0, 0.05) is 24.7 Å². The monoisotopic (exact) mass is 501 g/mol. The first kappa shape index (κ1) is 23.9. The van der Waals surface area contributed by atoms with Crippen molar-refractivity contribution in [1.29, 1.82) is 0 Å². The third-order valence-electron chi connectivity index (χ3n) is 6.27. The van der Waals surface area contributed by atoms with Crippen LogP contribution in [-0.4, -0.2) is 18.2 Å². The molecule has 1 unspecified atom stereocenters. The average Bonchev–Trinajstić information content (AvgIpc) is 3.51. The molecule has 5 rings (SSSR count). The highest BCUT2D eigenvalue weighted by atomic mass is 32.1. The van der Waals surface area contributed by atoms with Gasteiger partial charge in [0.15, 0.2) is 0 Å². The van der Waals surface area contributed by atoms with E-state index < -0.39 is 11.8 Å². The fraction of sp³-hybridized carbons (Fsp3) is 0.172. The van der Waals surface area contributed by atoms with Gasteiger partial charge in [-0.1, -0.05) is 42.5 Å². The van der Waals surface area contributed by atoms with Crippen LogP contribution in [0.15, 0.2) is 94.7 Å². The van der Waals surface area contributed by atoms with Gasteiger partial charge in [-0.05, 0) is 76.3 Å². The number of halogens is 2. The number of hydrogen-bond donors (Lipinski definition) is 1. The summed E-state index contributed by atoms with van der Waals surface area (Å²) in [5.41, 5.74) is 5.96. The Morgan fingerprint density at radius 3 is 2.39 bits per heavy atom. The number of nitrogens with one attached hydrogen (secondary N) is 1. The van der Waals surface area contributed by atoms with E-state index in [0.717, 1.165) is 29.2 Å². The van der Waals surface area contributed by atoms with Gasteiger partial charge in [0.2, 0.25) is 0 Å². The Balaban J connectivity index is 1.42. The maximum absolute atomic E-state index is 13.7. The first-order valence-electron chi connectivity index (χ1n) is 11.6. The summed E-state index contributed by atoms with van der Waals surface area (Å²) in [6, 6.07) is 24.3. The van der Waals surface area contributed by atoms with Crippen molar-refractivity contribution < 1.29 is 13.6 Å². The van der Waals surface area contributed by atoms with Gasteiger partial charge in [0.1, 0.15) is 0 Å². The number of nitrogens with zero attached hydrogens (tertiary/aromatic N) is 2. The summed E-state index contributed by atoms with van der Waals surface area (Å²) in [4.78, 5) is 13.5. The minimum absolute atomic E-state index is 0.0732. The van der Waals surface area contributed by atoms with Crippen LogP contribution in [-0.2, 0) is 10.7 Å². The van der Waals surface area contributed by atoms with Crippen LogP contribution < -0.4 is 10.3 Å². The molecule has 1 N–H and O–H groups in total. The van der Waals surface area contributed by atoms with Crippen molar-refractivity contribution in [1.82, 2.24) is 0 Å². The molecule has 36 heavy (non-hydrogen) atoms. The molecule has 1 amide bonds. The first-order valence-corrected chi connectivity index (χ1v) is 12.6. The zero-order valence-electron chi connectivity index (χ0n) is 19.9. The molecule has 2 heterocycles. The highest BCUT2D eigenvalue weighted by Gasteiger charge is 2.34. The smallest absolute Gasteiger partial charge is 0.270 e. The highest BCUT2D eigenvalue weighted by molar-refractivity contribution is 7.08. The molecule has 1 aliphatic rings. The van der Waals surface area contributed by atoms with Gasteiger partial charge in [-0.25, -0.2) is 13.8 Å². The van der Waals surface area contributed by atoms with Crippen molar-refractivity contribution >= 4 is 34.3 Å². The van der Waals surface area contributed by atoms with Gasteiger partial charge in [0.25, 0.3) is 11.8 Å². The number of hydrogen-bond acceptors (Lipinski definition) is 4. The van der Waals surface area contributed by atoms with Crippen molar-refractivity contribution in [3.63, 3.8) is 0 Å². The molecule has 4 nitrogen and oxygen atoms in total. The molecule has 1 atom stereocenters. The van der Waals surface area contributed by atoms with Crippen molar-refractivity contribution in [2.24, 2.45) is 11.0 Å². The molecule has 0 bridgehead atoms. The molecule has 0 spiro atoms.